The lowest BCUT2D eigenvalue weighted by molar-refractivity contribution is -0.130. The minimum absolute atomic E-state index is 0.0731. The van der Waals surface area contributed by atoms with Crippen LogP contribution in [-0.4, -0.2) is 57.6 Å². The van der Waals surface area contributed by atoms with Gasteiger partial charge in [0, 0.05) is 43.1 Å². The summed E-state index contributed by atoms with van der Waals surface area (Å²) in [7, 11) is 0. The molecule has 0 bridgehead atoms. The van der Waals surface area contributed by atoms with E-state index in [1.165, 1.54) is 36.8 Å². The van der Waals surface area contributed by atoms with E-state index in [1.807, 2.05) is 13.1 Å². The smallest absolute Gasteiger partial charge is 0.237 e. The first kappa shape index (κ1) is 18.7. The van der Waals surface area contributed by atoms with Gasteiger partial charge < -0.3 is 15.2 Å². The Labute approximate surface area is 170 Å². The second-order valence-corrected chi connectivity index (χ2v) is 8.35. The average Bonchev–Trinajstić information content (AvgIpc) is 3.42. The van der Waals surface area contributed by atoms with Crippen molar-refractivity contribution in [2.45, 2.75) is 64.1 Å². The van der Waals surface area contributed by atoms with Gasteiger partial charge in [-0.3, -0.25) is 14.7 Å². The number of piperazine rings is 1. The van der Waals surface area contributed by atoms with Crippen LogP contribution in [0.1, 0.15) is 48.4 Å². The monoisotopic (exact) mass is 396 g/mol. The van der Waals surface area contributed by atoms with Gasteiger partial charge in [0.1, 0.15) is 0 Å². The molecule has 0 aromatic carbocycles. The number of aryl methyl sites for hydroxylation is 1. The van der Waals surface area contributed by atoms with Crippen molar-refractivity contribution in [2.75, 3.05) is 19.6 Å². The minimum Gasteiger partial charge on any atom is -0.353 e. The number of rotatable bonds is 4. The number of amides is 1. The number of carbonyl (C=O) groups is 1. The maximum absolute atomic E-state index is 12.6. The molecule has 4 heterocycles. The Kier molecular flexibility index (Phi) is 5.05. The fourth-order valence-electron chi connectivity index (χ4n) is 5.09. The summed E-state index contributed by atoms with van der Waals surface area (Å²) in [6, 6.07) is 0.266. The number of nitrogens with zero attached hydrogens (tertiary/aromatic N) is 4. The van der Waals surface area contributed by atoms with Gasteiger partial charge in [-0.25, -0.2) is 0 Å². The quantitative estimate of drug-likeness (QED) is 0.806. The van der Waals surface area contributed by atoms with Crippen molar-refractivity contribution in [1.29, 1.82) is 0 Å². The molecule has 1 amide bonds. The number of carbonyl (C=O) groups excluding carboxylic acids is 1. The molecular formula is C21H28N6O2. The Balaban J connectivity index is 1.41. The molecule has 2 N–H and O–H groups in total. The molecule has 2 aliphatic heterocycles. The van der Waals surface area contributed by atoms with Crippen molar-refractivity contribution in [1.82, 2.24) is 30.7 Å². The average molecular weight is 396 g/mol. The first-order valence-electron chi connectivity index (χ1n) is 10.7. The molecule has 154 valence electrons. The van der Waals surface area contributed by atoms with Crippen LogP contribution in [0.5, 0.6) is 0 Å². The predicted octanol–water partition coefficient (Wildman–Crippen LogP) is 1.37. The van der Waals surface area contributed by atoms with Crippen LogP contribution in [0.15, 0.2) is 10.7 Å². The summed E-state index contributed by atoms with van der Waals surface area (Å²) in [4.78, 5) is 24.2. The molecule has 2 aromatic heterocycles. The number of nitrogens with one attached hydrogen (secondary N) is 2. The molecule has 2 fully saturated rings. The van der Waals surface area contributed by atoms with E-state index in [-0.39, 0.29) is 11.9 Å². The summed E-state index contributed by atoms with van der Waals surface area (Å²) in [6.45, 7) is 5.36. The first-order valence-corrected chi connectivity index (χ1v) is 10.7. The van der Waals surface area contributed by atoms with Gasteiger partial charge in [-0.1, -0.05) is 18.0 Å². The second-order valence-electron chi connectivity index (χ2n) is 8.35. The Morgan fingerprint density at radius 1 is 1.28 bits per heavy atom. The molecule has 8 nitrogen and oxygen atoms in total. The number of hydrogen-bond donors (Lipinski definition) is 2. The molecule has 8 heteroatoms. The standard InChI is InChI=1S/C21H28N6O2/c1-13-19(16-6-7-22-11-14(16)12-24-13)20-25-18(29-26-20)10-17-21(28)23-8-9-27(17)15-4-2-3-5-15/h12,15,17,22H,2-11H2,1H3,(H,23,28). The Morgan fingerprint density at radius 2 is 2.14 bits per heavy atom. The van der Waals surface area contributed by atoms with Crippen molar-refractivity contribution < 1.29 is 9.32 Å². The molecule has 0 radical (unpaired) electrons. The fourth-order valence-corrected chi connectivity index (χ4v) is 5.09. The Morgan fingerprint density at radius 3 is 3.00 bits per heavy atom. The van der Waals surface area contributed by atoms with E-state index in [0.717, 1.165) is 43.9 Å². The van der Waals surface area contributed by atoms with Crippen molar-refractivity contribution in [2.24, 2.45) is 0 Å². The lowest BCUT2D eigenvalue weighted by atomic mass is 9.95. The summed E-state index contributed by atoms with van der Waals surface area (Å²) < 4.78 is 5.62. The molecule has 2 aromatic rings. The van der Waals surface area contributed by atoms with Crippen LogP contribution >= 0.6 is 0 Å². The van der Waals surface area contributed by atoms with Gasteiger partial charge in [-0.2, -0.15) is 4.98 Å². The van der Waals surface area contributed by atoms with E-state index in [1.54, 1.807) is 0 Å². The number of hydrogen-bond acceptors (Lipinski definition) is 7. The number of pyridine rings is 1. The highest BCUT2D eigenvalue weighted by molar-refractivity contribution is 5.82. The second kappa shape index (κ2) is 7.84. The zero-order valence-electron chi connectivity index (χ0n) is 16.9. The Hall–Kier alpha value is -2.32. The van der Waals surface area contributed by atoms with Gasteiger partial charge in [-0.05, 0) is 43.9 Å². The SMILES string of the molecule is Cc1ncc2c(c1-c1noc(CC3C(=O)NCCN3C3CCCC3)n1)CCNC2. The molecule has 3 aliphatic rings. The first-order chi connectivity index (χ1) is 14.2. The van der Waals surface area contributed by atoms with Crippen molar-refractivity contribution >= 4 is 5.91 Å². The van der Waals surface area contributed by atoms with Gasteiger partial charge >= 0.3 is 0 Å². The maximum Gasteiger partial charge on any atom is 0.237 e. The zero-order chi connectivity index (χ0) is 19.8. The molecule has 1 saturated heterocycles. The maximum atomic E-state index is 12.6. The van der Waals surface area contributed by atoms with E-state index in [4.69, 9.17) is 9.51 Å². The van der Waals surface area contributed by atoms with Crippen LogP contribution < -0.4 is 10.6 Å². The summed E-state index contributed by atoms with van der Waals surface area (Å²) in [5.74, 6) is 1.19. The zero-order valence-corrected chi connectivity index (χ0v) is 16.9. The number of fused-ring (bicyclic) bond motifs is 1. The molecule has 29 heavy (non-hydrogen) atoms. The lowest BCUT2D eigenvalue weighted by Gasteiger charge is -2.38. The highest BCUT2D eigenvalue weighted by Crippen LogP contribution is 2.30. The third-order valence-corrected chi connectivity index (χ3v) is 6.56. The summed E-state index contributed by atoms with van der Waals surface area (Å²) >= 11 is 0. The highest BCUT2D eigenvalue weighted by Gasteiger charge is 2.37. The summed E-state index contributed by atoms with van der Waals surface area (Å²) in [5.41, 5.74) is 4.36. The van der Waals surface area contributed by atoms with E-state index in [2.05, 4.69) is 25.7 Å². The van der Waals surface area contributed by atoms with Crippen molar-refractivity contribution in [3.63, 3.8) is 0 Å². The van der Waals surface area contributed by atoms with Crippen LogP contribution in [0.25, 0.3) is 11.4 Å². The minimum atomic E-state index is -0.228. The van der Waals surface area contributed by atoms with Crippen LogP contribution in [0, 0.1) is 6.92 Å². The normalized spacial score (nSPS) is 23.2. The van der Waals surface area contributed by atoms with Gasteiger partial charge in [0.05, 0.1) is 12.5 Å². The van der Waals surface area contributed by atoms with Gasteiger partial charge in [0.25, 0.3) is 0 Å². The Bertz CT molecular complexity index is 905. The molecule has 5 rings (SSSR count). The van der Waals surface area contributed by atoms with Crippen molar-refractivity contribution in [3.05, 3.63) is 28.9 Å². The van der Waals surface area contributed by atoms with E-state index < -0.39 is 0 Å². The van der Waals surface area contributed by atoms with E-state index >= 15 is 0 Å². The molecule has 1 unspecified atom stereocenters. The molecular weight excluding hydrogens is 368 g/mol. The van der Waals surface area contributed by atoms with Gasteiger partial charge in [-0.15, -0.1) is 0 Å². The molecule has 1 atom stereocenters. The van der Waals surface area contributed by atoms with Crippen molar-refractivity contribution in [3.8, 4) is 11.4 Å². The van der Waals surface area contributed by atoms with Crippen LogP contribution in [0.4, 0.5) is 0 Å². The summed E-state index contributed by atoms with van der Waals surface area (Å²) in [5, 5.41) is 10.7. The largest absolute Gasteiger partial charge is 0.353 e. The van der Waals surface area contributed by atoms with Gasteiger partial charge in [0.15, 0.2) is 0 Å². The molecule has 1 saturated carbocycles. The predicted molar refractivity (Wildman–Crippen MR) is 107 cm³/mol. The van der Waals surface area contributed by atoms with Crippen LogP contribution in [0.3, 0.4) is 0 Å². The van der Waals surface area contributed by atoms with Gasteiger partial charge in [0.2, 0.25) is 17.6 Å². The fraction of sp³-hybridized carbons (Fsp3) is 0.619. The topological polar surface area (TPSA) is 96.2 Å². The molecule has 1 aliphatic carbocycles. The lowest BCUT2D eigenvalue weighted by Crippen LogP contribution is -2.58. The third kappa shape index (κ3) is 3.55. The van der Waals surface area contributed by atoms with Crippen LogP contribution in [-0.2, 0) is 24.2 Å². The van der Waals surface area contributed by atoms with E-state index in [9.17, 15) is 4.79 Å². The molecule has 0 spiro atoms. The van der Waals surface area contributed by atoms with Crippen LogP contribution in [0.2, 0.25) is 0 Å². The summed E-state index contributed by atoms with van der Waals surface area (Å²) in [6.07, 6.45) is 8.17. The highest BCUT2D eigenvalue weighted by atomic mass is 16.5. The van der Waals surface area contributed by atoms with E-state index in [0.29, 0.717) is 24.2 Å². The third-order valence-electron chi connectivity index (χ3n) is 6.56. The number of aromatic nitrogens is 3.